The fourth-order valence-corrected chi connectivity index (χ4v) is 5.74. The molecule has 32 heavy (non-hydrogen) atoms. The maximum atomic E-state index is 11.3. The van der Waals surface area contributed by atoms with Gasteiger partial charge in [-0.1, -0.05) is 19.0 Å². The van der Waals surface area contributed by atoms with Crippen molar-refractivity contribution in [3.05, 3.63) is 29.6 Å². The van der Waals surface area contributed by atoms with Crippen LogP contribution < -0.4 is 5.73 Å². The van der Waals surface area contributed by atoms with E-state index in [2.05, 4.69) is 33.5 Å². The summed E-state index contributed by atoms with van der Waals surface area (Å²) in [5.41, 5.74) is 7.54. The molecule has 8 heteroatoms. The topological polar surface area (TPSA) is 106 Å². The van der Waals surface area contributed by atoms with Crippen LogP contribution in [0.15, 0.2) is 23.5 Å². The Hall–Kier alpha value is -2.61. The molecule has 2 fully saturated rings. The maximum absolute atomic E-state index is 11.3. The summed E-state index contributed by atoms with van der Waals surface area (Å²) in [6.45, 7) is 6.82. The molecule has 1 aliphatic carbocycles. The number of amides is 1. The van der Waals surface area contributed by atoms with Crippen molar-refractivity contribution in [3.63, 3.8) is 0 Å². The number of rotatable bonds is 6. The fourth-order valence-electron chi connectivity index (χ4n) is 5.74. The molecule has 174 valence electrons. The number of aromatic nitrogens is 2. The molecule has 0 atom stereocenters. The average molecular weight is 442 g/mol. The lowest BCUT2D eigenvalue weighted by Crippen LogP contribution is -2.44. The van der Waals surface area contributed by atoms with Crippen molar-refractivity contribution in [2.75, 3.05) is 13.1 Å². The van der Waals surface area contributed by atoms with Crippen molar-refractivity contribution >= 4 is 23.3 Å². The van der Waals surface area contributed by atoms with Gasteiger partial charge in [-0.2, -0.15) is 0 Å². The number of hydrogen-bond donors (Lipinski definition) is 2. The predicted octanol–water partition coefficient (Wildman–Crippen LogP) is 4.29. The minimum atomic E-state index is -0.825. The van der Waals surface area contributed by atoms with Crippen LogP contribution in [-0.4, -0.2) is 51.1 Å². The number of fused-ring (bicyclic) bond motifs is 1. The Morgan fingerprint density at radius 3 is 2.59 bits per heavy atom. The number of nitrogens with two attached hydrogens (primary N) is 1. The van der Waals surface area contributed by atoms with Crippen LogP contribution in [-0.2, 0) is 11.3 Å². The van der Waals surface area contributed by atoms with Gasteiger partial charge in [0.05, 0.1) is 11.9 Å². The van der Waals surface area contributed by atoms with Crippen LogP contribution in [0.4, 0.5) is 4.79 Å². The summed E-state index contributed by atoms with van der Waals surface area (Å²) in [4.78, 5) is 18.6. The molecule has 1 amide bonds. The van der Waals surface area contributed by atoms with E-state index in [4.69, 9.17) is 10.5 Å². The molecule has 2 aromatic rings. The zero-order valence-corrected chi connectivity index (χ0v) is 19.1. The highest BCUT2D eigenvalue weighted by Crippen LogP contribution is 2.36. The lowest BCUT2D eigenvalue weighted by molar-refractivity contribution is 0.0875. The van der Waals surface area contributed by atoms with Gasteiger partial charge >= 0.3 is 6.09 Å². The second kappa shape index (κ2) is 9.90. The minimum Gasteiger partial charge on any atom is -0.443 e. The van der Waals surface area contributed by atoms with Gasteiger partial charge in [0.15, 0.2) is 0 Å². The van der Waals surface area contributed by atoms with Crippen LogP contribution in [0.25, 0.3) is 11.0 Å². The van der Waals surface area contributed by atoms with E-state index in [1.54, 1.807) is 6.20 Å². The Morgan fingerprint density at radius 2 is 1.97 bits per heavy atom. The normalized spacial score (nSPS) is 23.3. The average Bonchev–Trinajstić information content (AvgIpc) is 3.11. The Balaban J connectivity index is 1.54. The van der Waals surface area contributed by atoms with Crippen molar-refractivity contribution in [3.8, 4) is 0 Å². The number of piperidine rings is 1. The number of hydrogen-bond acceptors (Lipinski definition) is 6. The Kier molecular flexibility index (Phi) is 6.98. The Morgan fingerprint density at radius 1 is 1.25 bits per heavy atom. The van der Waals surface area contributed by atoms with Crippen molar-refractivity contribution < 1.29 is 14.7 Å². The van der Waals surface area contributed by atoms with Gasteiger partial charge in [0, 0.05) is 42.3 Å². The molecule has 0 aromatic carbocycles. The molecule has 1 saturated heterocycles. The summed E-state index contributed by atoms with van der Waals surface area (Å²) >= 11 is 0. The standard InChI is InChI=1S/C24H35N5O3/c1-16(2)17-5-7-18(8-6-17)28-12-9-19(10-13-28)29-22(15-32-24(25)30)21(14-27-31)20-4-3-11-26-23(20)29/h3-4,11,14,16-19,31H,5-10,12-13,15H2,1-2H3,(H2,25,30)/t17-,18+. The highest BCUT2D eigenvalue weighted by atomic mass is 16.5. The molecule has 0 unspecified atom stereocenters. The van der Waals surface area contributed by atoms with Gasteiger partial charge in [0.1, 0.15) is 12.3 Å². The molecule has 0 bridgehead atoms. The highest BCUT2D eigenvalue weighted by Gasteiger charge is 2.32. The van der Waals surface area contributed by atoms with Gasteiger partial charge in [0.2, 0.25) is 0 Å². The summed E-state index contributed by atoms with van der Waals surface area (Å²) in [5.74, 6) is 1.66. The van der Waals surface area contributed by atoms with Crippen molar-refractivity contribution in [1.82, 2.24) is 14.5 Å². The molecule has 3 N–H and O–H groups in total. The molecular formula is C24H35N5O3. The van der Waals surface area contributed by atoms with Gasteiger partial charge in [-0.05, 0) is 62.5 Å². The zero-order valence-electron chi connectivity index (χ0n) is 19.1. The molecule has 0 radical (unpaired) electrons. The first kappa shape index (κ1) is 22.6. The smallest absolute Gasteiger partial charge is 0.404 e. The van der Waals surface area contributed by atoms with Gasteiger partial charge in [-0.3, -0.25) is 0 Å². The molecule has 8 nitrogen and oxygen atoms in total. The second-order valence-electron chi connectivity index (χ2n) is 9.54. The van der Waals surface area contributed by atoms with Crippen LogP contribution in [0.2, 0.25) is 0 Å². The zero-order chi connectivity index (χ0) is 22.7. The number of likely N-dealkylation sites (tertiary alicyclic amines) is 1. The Bertz CT molecular complexity index is 954. The SMILES string of the molecule is CC(C)[C@H]1CC[C@@H](N2CCC(n3c(COC(N)=O)c(C=NO)c4cccnc43)CC2)CC1. The highest BCUT2D eigenvalue weighted by molar-refractivity contribution is 5.99. The number of pyridine rings is 1. The number of primary amides is 1. The monoisotopic (exact) mass is 441 g/mol. The molecule has 3 heterocycles. The van der Waals surface area contributed by atoms with E-state index >= 15 is 0 Å². The van der Waals surface area contributed by atoms with Crippen LogP contribution in [0.5, 0.6) is 0 Å². The quantitative estimate of drug-likeness (QED) is 0.395. The lowest BCUT2D eigenvalue weighted by atomic mass is 9.79. The van der Waals surface area contributed by atoms with E-state index in [9.17, 15) is 10.0 Å². The van der Waals surface area contributed by atoms with E-state index in [1.165, 1.54) is 31.9 Å². The lowest BCUT2D eigenvalue weighted by Gasteiger charge is -2.42. The third-order valence-corrected chi connectivity index (χ3v) is 7.51. The number of carbonyl (C=O) groups excluding carboxylic acids is 1. The van der Waals surface area contributed by atoms with Gasteiger partial charge in [0.25, 0.3) is 0 Å². The first-order chi connectivity index (χ1) is 15.5. The first-order valence-corrected chi connectivity index (χ1v) is 11.8. The summed E-state index contributed by atoms with van der Waals surface area (Å²) in [6, 6.07) is 4.74. The van der Waals surface area contributed by atoms with E-state index in [0.717, 1.165) is 54.5 Å². The number of carbonyl (C=O) groups is 1. The minimum absolute atomic E-state index is 0.0203. The third kappa shape index (κ3) is 4.60. The van der Waals surface area contributed by atoms with E-state index in [0.29, 0.717) is 11.6 Å². The largest absolute Gasteiger partial charge is 0.443 e. The first-order valence-electron chi connectivity index (χ1n) is 11.8. The molecule has 1 aliphatic heterocycles. The summed E-state index contributed by atoms with van der Waals surface area (Å²) in [5, 5.41) is 13.4. The van der Waals surface area contributed by atoms with Crippen LogP contribution in [0.1, 0.15) is 69.7 Å². The number of oxime groups is 1. The van der Waals surface area contributed by atoms with Crippen molar-refractivity contribution in [1.29, 1.82) is 0 Å². The predicted molar refractivity (Wildman–Crippen MR) is 124 cm³/mol. The van der Waals surface area contributed by atoms with Crippen LogP contribution in [0.3, 0.4) is 0 Å². The summed E-state index contributed by atoms with van der Waals surface area (Å²) in [7, 11) is 0. The van der Waals surface area contributed by atoms with E-state index in [1.807, 2.05) is 12.1 Å². The molecule has 1 saturated carbocycles. The summed E-state index contributed by atoms with van der Waals surface area (Å²) < 4.78 is 7.33. The van der Waals surface area contributed by atoms with E-state index < -0.39 is 6.09 Å². The molecule has 0 spiro atoms. The van der Waals surface area contributed by atoms with Crippen LogP contribution >= 0.6 is 0 Å². The Labute approximate surface area is 189 Å². The molecule has 4 rings (SSSR count). The van der Waals surface area contributed by atoms with Gasteiger partial charge < -0.3 is 25.1 Å². The molecule has 2 aromatic heterocycles. The van der Waals surface area contributed by atoms with E-state index in [-0.39, 0.29) is 12.6 Å². The third-order valence-electron chi connectivity index (χ3n) is 7.51. The molecular weight excluding hydrogens is 406 g/mol. The van der Waals surface area contributed by atoms with Crippen molar-refractivity contribution in [2.45, 2.75) is 71.1 Å². The van der Waals surface area contributed by atoms with Gasteiger partial charge in [-0.25, -0.2) is 9.78 Å². The fraction of sp³-hybridized carbons (Fsp3) is 0.625. The molecule has 2 aliphatic rings. The van der Waals surface area contributed by atoms with Crippen molar-refractivity contribution in [2.24, 2.45) is 22.7 Å². The summed E-state index contributed by atoms with van der Waals surface area (Å²) in [6.07, 6.45) is 9.62. The van der Waals surface area contributed by atoms with Gasteiger partial charge in [-0.15, -0.1) is 0 Å². The number of nitrogens with zero attached hydrogens (tertiary/aromatic N) is 4. The van der Waals surface area contributed by atoms with Crippen LogP contribution in [0, 0.1) is 11.8 Å². The second-order valence-corrected chi connectivity index (χ2v) is 9.54. The number of ether oxygens (including phenoxy) is 1. The maximum Gasteiger partial charge on any atom is 0.404 e.